The van der Waals surface area contributed by atoms with Crippen molar-refractivity contribution < 1.29 is 14.3 Å². The molecule has 0 aromatic carbocycles. The lowest BCUT2D eigenvalue weighted by atomic mass is 9.66. The molecule has 0 amide bonds. The van der Waals surface area contributed by atoms with Crippen molar-refractivity contribution in [2.24, 2.45) is 23.7 Å². The first-order chi connectivity index (χ1) is 8.20. The van der Waals surface area contributed by atoms with E-state index in [0.29, 0.717) is 18.3 Å². The van der Waals surface area contributed by atoms with Crippen LogP contribution in [0, 0.1) is 23.7 Å². The fraction of sp³-hybridized carbons (Fsp3) is 0.571. The molecule has 1 saturated heterocycles. The number of ether oxygens (including phenoxy) is 1. The maximum Gasteiger partial charge on any atom is 0.306 e. The van der Waals surface area contributed by atoms with Crippen LogP contribution in [0.1, 0.15) is 19.3 Å². The minimum Gasteiger partial charge on any atom is -0.454 e. The van der Waals surface area contributed by atoms with E-state index in [1.54, 1.807) is 6.08 Å². The van der Waals surface area contributed by atoms with Crippen LogP contribution in [0.25, 0.3) is 0 Å². The summed E-state index contributed by atoms with van der Waals surface area (Å²) in [5.74, 6) is 1.15. The minimum atomic E-state index is -0.472. The maximum atomic E-state index is 12.0. The van der Waals surface area contributed by atoms with Gasteiger partial charge in [0.2, 0.25) is 0 Å². The molecule has 1 spiro atoms. The Hall–Kier alpha value is -1.38. The van der Waals surface area contributed by atoms with Crippen molar-refractivity contribution in [2.45, 2.75) is 24.9 Å². The fourth-order valence-corrected chi connectivity index (χ4v) is 4.29. The highest BCUT2D eigenvalue weighted by Gasteiger charge is 2.60. The van der Waals surface area contributed by atoms with E-state index >= 15 is 0 Å². The van der Waals surface area contributed by atoms with Crippen molar-refractivity contribution in [3.8, 4) is 0 Å². The molecule has 4 rings (SSSR count). The Bertz CT molecular complexity index is 476. The van der Waals surface area contributed by atoms with Gasteiger partial charge in [-0.1, -0.05) is 12.2 Å². The molecule has 0 N–H and O–H groups in total. The van der Waals surface area contributed by atoms with Gasteiger partial charge in [-0.05, 0) is 30.4 Å². The smallest absolute Gasteiger partial charge is 0.306 e. The molecule has 4 aliphatic rings. The first-order valence-corrected chi connectivity index (χ1v) is 6.33. The second kappa shape index (κ2) is 2.89. The number of carbonyl (C=O) groups excluding carboxylic acids is 2. The lowest BCUT2D eigenvalue weighted by molar-refractivity contribution is -0.153. The Kier molecular flexibility index (Phi) is 1.64. The molecular weight excluding hydrogens is 216 g/mol. The van der Waals surface area contributed by atoms with Crippen molar-refractivity contribution >= 4 is 11.8 Å². The Balaban J connectivity index is 1.82. The molecule has 0 aromatic rings. The van der Waals surface area contributed by atoms with Crippen LogP contribution in [-0.2, 0) is 14.3 Å². The number of carbonyl (C=O) groups is 2. The molecule has 0 aromatic heterocycles. The topological polar surface area (TPSA) is 43.4 Å². The molecule has 3 heteroatoms. The normalized spacial score (nSPS) is 50.1. The van der Waals surface area contributed by atoms with Crippen LogP contribution >= 0.6 is 0 Å². The zero-order chi connectivity index (χ0) is 11.6. The molecule has 3 nitrogen and oxygen atoms in total. The zero-order valence-electron chi connectivity index (χ0n) is 9.46. The summed E-state index contributed by atoms with van der Waals surface area (Å²) in [7, 11) is 0. The third-order valence-electron chi connectivity index (χ3n) is 4.91. The van der Waals surface area contributed by atoms with Crippen molar-refractivity contribution in [3.05, 3.63) is 24.3 Å². The molecule has 1 saturated carbocycles. The molecule has 2 fully saturated rings. The number of esters is 1. The van der Waals surface area contributed by atoms with Gasteiger partial charge >= 0.3 is 5.97 Å². The maximum absolute atomic E-state index is 12.0. The van der Waals surface area contributed by atoms with Gasteiger partial charge in [-0.15, -0.1) is 0 Å². The summed E-state index contributed by atoms with van der Waals surface area (Å²) in [6.45, 7) is 0. The summed E-state index contributed by atoms with van der Waals surface area (Å²) in [5, 5.41) is 0. The van der Waals surface area contributed by atoms with E-state index in [-0.39, 0.29) is 23.6 Å². The molecule has 0 radical (unpaired) electrons. The average Bonchev–Trinajstić information content (AvgIpc) is 2.99. The molecule has 5 atom stereocenters. The molecule has 2 bridgehead atoms. The number of hydrogen-bond acceptors (Lipinski definition) is 3. The van der Waals surface area contributed by atoms with Crippen LogP contribution < -0.4 is 0 Å². The summed E-state index contributed by atoms with van der Waals surface area (Å²) in [4.78, 5) is 23.5. The second-order valence-electron chi connectivity index (χ2n) is 5.66. The lowest BCUT2D eigenvalue weighted by Gasteiger charge is -2.41. The molecule has 17 heavy (non-hydrogen) atoms. The average molecular weight is 230 g/mol. The minimum absolute atomic E-state index is 0.0564. The fourth-order valence-electron chi connectivity index (χ4n) is 4.29. The summed E-state index contributed by atoms with van der Waals surface area (Å²) in [6, 6.07) is 0. The van der Waals surface area contributed by atoms with Crippen molar-refractivity contribution in [3.63, 3.8) is 0 Å². The number of rotatable bonds is 0. The van der Waals surface area contributed by atoms with Crippen molar-refractivity contribution in [1.82, 2.24) is 0 Å². The second-order valence-corrected chi connectivity index (χ2v) is 5.66. The van der Waals surface area contributed by atoms with E-state index in [1.165, 1.54) is 0 Å². The van der Waals surface area contributed by atoms with Gasteiger partial charge < -0.3 is 4.74 Å². The predicted molar refractivity (Wildman–Crippen MR) is 59.9 cm³/mol. The monoisotopic (exact) mass is 230 g/mol. The van der Waals surface area contributed by atoms with E-state index in [9.17, 15) is 9.59 Å². The van der Waals surface area contributed by atoms with E-state index in [2.05, 4.69) is 12.2 Å². The van der Waals surface area contributed by atoms with Gasteiger partial charge in [0.1, 0.15) is 5.60 Å². The first kappa shape index (κ1) is 9.63. The third kappa shape index (κ3) is 1.07. The van der Waals surface area contributed by atoms with Gasteiger partial charge in [-0.3, -0.25) is 9.59 Å². The standard InChI is InChI=1S/C14H14O3/c15-10-3-5-14(6-4-11(16)17-14)13-9-2-1-8(7-9)12(10)13/h1-3,5,8-9,12-13H,4,6-7H2/t8-,9+,12+,13+,14-/m1/s1. The third-order valence-corrected chi connectivity index (χ3v) is 4.91. The van der Waals surface area contributed by atoms with Crippen LogP contribution in [0.5, 0.6) is 0 Å². The molecular formula is C14H14O3. The highest BCUT2D eigenvalue weighted by atomic mass is 16.6. The van der Waals surface area contributed by atoms with Gasteiger partial charge in [0.05, 0.1) is 0 Å². The summed E-state index contributed by atoms with van der Waals surface area (Å²) < 4.78 is 5.59. The van der Waals surface area contributed by atoms with Crippen molar-refractivity contribution in [1.29, 1.82) is 0 Å². The number of ketones is 1. The van der Waals surface area contributed by atoms with Crippen LogP contribution in [0.2, 0.25) is 0 Å². The number of fused-ring (bicyclic) bond motifs is 6. The molecule has 1 aliphatic heterocycles. The molecule has 0 unspecified atom stereocenters. The Morgan fingerprint density at radius 2 is 2.06 bits per heavy atom. The number of hydrogen-bond donors (Lipinski definition) is 0. The van der Waals surface area contributed by atoms with Gasteiger partial charge in [0, 0.05) is 24.7 Å². The van der Waals surface area contributed by atoms with E-state index in [1.807, 2.05) is 6.08 Å². The van der Waals surface area contributed by atoms with Gasteiger partial charge in [0.25, 0.3) is 0 Å². The van der Waals surface area contributed by atoms with Crippen molar-refractivity contribution in [2.75, 3.05) is 0 Å². The van der Waals surface area contributed by atoms with Crippen LogP contribution in [0.4, 0.5) is 0 Å². The van der Waals surface area contributed by atoms with Crippen LogP contribution in [0.3, 0.4) is 0 Å². The summed E-state index contributed by atoms with van der Waals surface area (Å²) >= 11 is 0. The zero-order valence-corrected chi connectivity index (χ0v) is 9.46. The Morgan fingerprint density at radius 3 is 2.82 bits per heavy atom. The van der Waals surface area contributed by atoms with Crippen LogP contribution in [0.15, 0.2) is 24.3 Å². The largest absolute Gasteiger partial charge is 0.454 e. The van der Waals surface area contributed by atoms with Gasteiger partial charge in [0.15, 0.2) is 5.78 Å². The Labute approximate surface area is 99.5 Å². The number of allylic oxidation sites excluding steroid dienone is 3. The highest BCUT2D eigenvalue weighted by molar-refractivity contribution is 5.94. The summed E-state index contributed by atoms with van der Waals surface area (Å²) in [5.41, 5.74) is -0.472. The molecule has 88 valence electrons. The van der Waals surface area contributed by atoms with Crippen LogP contribution in [-0.4, -0.2) is 17.4 Å². The first-order valence-electron chi connectivity index (χ1n) is 6.33. The van der Waals surface area contributed by atoms with E-state index in [4.69, 9.17) is 4.74 Å². The van der Waals surface area contributed by atoms with E-state index < -0.39 is 5.60 Å². The van der Waals surface area contributed by atoms with E-state index in [0.717, 1.165) is 12.8 Å². The quantitative estimate of drug-likeness (QED) is 0.469. The lowest BCUT2D eigenvalue weighted by Crippen LogP contribution is -2.47. The van der Waals surface area contributed by atoms with Gasteiger partial charge in [-0.2, -0.15) is 0 Å². The Morgan fingerprint density at radius 1 is 1.24 bits per heavy atom. The molecule has 1 heterocycles. The predicted octanol–water partition coefficient (Wildman–Crippen LogP) is 1.64. The molecule has 3 aliphatic carbocycles. The SMILES string of the molecule is O=C1CC[C@@]2(C=CC(=O)[C@H]3[C@@H]2[C@H]2C=C[C@@H]3C2)O1. The van der Waals surface area contributed by atoms with Gasteiger partial charge in [-0.25, -0.2) is 0 Å². The highest BCUT2D eigenvalue weighted by Crippen LogP contribution is 2.57. The summed E-state index contributed by atoms with van der Waals surface area (Å²) in [6.07, 6.45) is 10.2.